The minimum absolute atomic E-state index is 0.0460. The average molecular weight is 479 g/mol. The van der Waals surface area contributed by atoms with Crippen molar-refractivity contribution in [3.05, 3.63) is 30.0 Å². The minimum Gasteiger partial charge on any atom is -0.496 e. The molecule has 9 nitrogen and oxygen atoms in total. The highest BCUT2D eigenvalue weighted by Crippen LogP contribution is 2.26. The van der Waals surface area contributed by atoms with Gasteiger partial charge in [-0.1, -0.05) is 6.07 Å². The Labute approximate surface area is 193 Å². The number of aromatic nitrogens is 1. The van der Waals surface area contributed by atoms with Crippen LogP contribution in [0.1, 0.15) is 23.3 Å². The molecule has 2 aromatic rings. The van der Waals surface area contributed by atoms with E-state index in [-0.39, 0.29) is 18.0 Å². The molecule has 0 spiro atoms. The number of nitrogens with one attached hydrogen (secondary N) is 4. The topological polar surface area (TPSA) is 136 Å². The van der Waals surface area contributed by atoms with Gasteiger partial charge in [-0.05, 0) is 31.0 Å². The van der Waals surface area contributed by atoms with E-state index < -0.39 is 48.8 Å². The maximum Gasteiger partial charge on any atom is 0.268 e. The second-order valence-electron chi connectivity index (χ2n) is 7.87. The van der Waals surface area contributed by atoms with Crippen LogP contribution in [-0.2, 0) is 9.59 Å². The highest BCUT2D eigenvalue weighted by molar-refractivity contribution is 6.01. The van der Waals surface area contributed by atoms with Crippen LogP contribution >= 0.6 is 0 Å². The number of aromatic amines is 1. The number of carbonyl (C=O) groups is 3. The lowest BCUT2D eigenvalue weighted by Crippen LogP contribution is -2.56. The molecular weight excluding hydrogens is 455 g/mol. The Bertz CT molecular complexity index is 1100. The molecule has 0 radical (unpaired) electrons. The van der Waals surface area contributed by atoms with Crippen LogP contribution in [0.15, 0.2) is 24.3 Å². The Morgan fingerprint density at radius 1 is 1.32 bits per heavy atom. The van der Waals surface area contributed by atoms with Gasteiger partial charge in [0.2, 0.25) is 11.8 Å². The van der Waals surface area contributed by atoms with Crippen molar-refractivity contribution in [2.24, 2.45) is 5.92 Å². The zero-order chi connectivity index (χ0) is 24.8. The summed E-state index contributed by atoms with van der Waals surface area (Å²) in [5.74, 6) is -2.51. The van der Waals surface area contributed by atoms with E-state index in [1.807, 2.05) is 0 Å². The summed E-state index contributed by atoms with van der Waals surface area (Å²) >= 11 is 0. The van der Waals surface area contributed by atoms with Crippen LogP contribution in [0.5, 0.6) is 5.75 Å². The maximum absolute atomic E-state index is 14.7. The minimum atomic E-state index is -2.72. The molecule has 1 saturated heterocycles. The van der Waals surface area contributed by atoms with Gasteiger partial charge in [-0.3, -0.25) is 14.4 Å². The highest BCUT2D eigenvalue weighted by atomic mass is 19.2. The number of rotatable bonds is 10. The number of H-pyrrole nitrogens is 1. The lowest BCUT2D eigenvalue weighted by molar-refractivity contribution is -0.127. The van der Waals surface area contributed by atoms with Crippen LogP contribution in [0, 0.1) is 17.2 Å². The Hall–Kier alpha value is -3.75. The zero-order valence-corrected chi connectivity index (χ0v) is 18.2. The van der Waals surface area contributed by atoms with Crippen LogP contribution in [0.2, 0.25) is 0 Å². The molecule has 1 aromatic heterocycles. The molecule has 0 bridgehead atoms. The lowest BCUT2D eigenvalue weighted by Gasteiger charge is -2.24. The number of alkyl halides is 3. The van der Waals surface area contributed by atoms with E-state index in [1.54, 1.807) is 24.3 Å². The molecule has 0 saturated carbocycles. The van der Waals surface area contributed by atoms with Crippen molar-refractivity contribution >= 4 is 28.6 Å². The van der Waals surface area contributed by atoms with Gasteiger partial charge in [0.05, 0.1) is 13.2 Å². The first-order valence-electron chi connectivity index (χ1n) is 10.6. The quantitative estimate of drug-likeness (QED) is 0.409. The van der Waals surface area contributed by atoms with Crippen molar-refractivity contribution < 1.29 is 32.3 Å². The third-order valence-electron chi connectivity index (χ3n) is 5.62. The van der Waals surface area contributed by atoms with Crippen molar-refractivity contribution in [1.82, 2.24) is 20.9 Å². The summed E-state index contributed by atoms with van der Waals surface area (Å²) in [4.78, 5) is 40.0. The third-order valence-corrected chi connectivity index (χ3v) is 5.62. The fourth-order valence-electron chi connectivity index (χ4n) is 3.79. The van der Waals surface area contributed by atoms with Gasteiger partial charge in [0.1, 0.15) is 30.2 Å². The normalized spacial score (nSPS) is 18.9. The summed E-state index contributed by atoms with van der Waals surface area (Å²) in [6, 6.07) is 4.88. The maximum atomic E-state index is 14.7. The van der Waals surface area contributed by atoms with E-state index in [0.717, 1.165) is 0 Å². The number of carbonyl (C=O) groups excluding carboxylic acids is 3. The van der Waals surface area contributed by atoms with Gasteiger partial charge in [-0.15, -0.1) is 0 Å². The van der Waals surface area contributed by atoms with Gasteiger partial charge in [-0.2, -0.15) is 5.26 Å². The SMILES string of the molecule is COc1cccc2[nH]c(C(=O)N[C@@H](C(=O)N[C@H](C#N)C[C@@H]3CCNC3=O)C(F)C(F)CF)cc12. The van der Waals surface area contributed by atoms with Crippen molar-refractivity contribution in [3.63, 3.8) is 0 Å². The Morgan fingerprint density at radius 3 is 2.71 bits per heavy atom. The number of ether oxygens (including phenoxy) is 1. The molecule has 1 aliphatic rings. The molecular formula is C22H24F3N5O4. The summed E-state index contributed by atoms with van der Waals surface area (Å²) in [6.07, 6.45) is -4.99. The number of methoxy groups -OCH3 is 1. The fraction of sp³-hybridized carbons (Fsp3) is 0.455. The molecule has 1 aliphatic heterocycles. The van der Waals surface area contributed by atoms with E-state index in [0.29, 0.717) is 29.6 Å². The van der Waals surface area contributed by atoms with Crippen molar-refractivity contribution in [2.75, 3.05) is 20.3 Å². The van der Waals surface area contributed by atoms with Gasteiger partial charge in [0, 0.05) is 23.4 Å². The molecule has 34 heavy (non-hydrogen) atoms. The molecule has 2 unspecified atom stereocenters. The molecule has 12 heteroatoms. The number of hydrogen-bond donors (Lipinski definition) is 4. The Balaban J connectivity index is 1.78. The second kappa shape index (κ2) is 10.9. The van der Waals surface area contributed by atoms with E-state index in [1.165, 1.54) is 13.2 Å². The van der Waals surface area contributed by atoms with E-state index in [2.05, 4.69) is 20.9 Å². The van der Waals surface area contributed by atoms with Crippen LogP contribution in [0.3, 0.4) is 0 Å². The molecule has 3 rings (SSSR count). The number of nitrogens with zero attached hydrogens (tertiary/aromatic N) is 1. The smallest absolute Gasteiger partial charge is 0.268 e. The van der Waals surface area contributed by atoms with Gasteiger partial charge in [-0.25, -0.2) is 13.2 Å². The van der Waals surface area contributed by atoms with Crippen LogP contribution in [0.25, 0.3) is 10.9 Å². The average Bonchev–Trinajstić information content (AvgIpc) is 3.46. The number of amides is 3. The van der Waals surface area contributed by atoms with Gasteiger partial charge < -0.3 is 25.7 Å². The molecule has 2 heterocycles. The largest absolute Gasteiger partial charge is 0.496 e. The second-order valence-corrected chi connectivity index (χ2v) is 7.87. The monoisotopic (exact) mass is 479 g/mol. The molecule has 5 atom stereocenters. The number of benzene rings is 1. The van der Waals surface area contributed by atoms with E-state index in [9.17, 15) is 32.8 Å². The summed E-state index contributed by atoms with van der Waals surface area (Å²) in [7, 11) is 1.44. The van der Waals surface area contributed by atoms with Gasteiger partial charge >= 0.3 is 0 Å². The van der Waals surface area contributed by atoms with Crippen LogP contribution < -0.4 is 20.7 Å². The summed E-state index contributed by atoms with van der Waals surface area (Å²) < 4.78 is 46.5. The third kappa shape index (κ3) is 5.41. The molecule has 1 aromatic carbocycles. The number of nitriles is 1. The van der Waals surface area contributed by atoms with Gasteiger partial charge in [0.15, 0.2) is 12.3 Å². The van der Waals surface area contributed by atoms with E-state index in [4.69, 9.17) is 4.74 Å². The fourth-order valence-corrected chi connectivity index (χ4v) is 3.79. The molecule has 3 amide bonds. The Kier molecular flexibility index (Phi) is 7.99. The number of hydrogen-bond acceptors (Lipinski definition) is 5. The first kappa shape index (κ1) is 24.9. The molecule has 4 N–H and O–H groups in total. The van der Waals surface area contributed by atoms with Gasteiger partial charge in [0.25, 0.3) is 5.91 Å². The summed E-state index contributed by atoms with van der Waals surface area (Å²) in [6.45, 7) is -1.29. The molecule has 182 valence electrons. The first-order valence-corrected chi connectivity index (χ1v) is 10.6. The van der Waals surface area contributed by atoms with Crippen LogP contribution in [0.4, 0.5) is 13.2 Å². The molecule has 1 fully saturated rings. The first-order chi connectivity index (χ1) is 16.3. The van der Waals surface area contributed by atoms with E-state index >= 15 is 0 Å². The Morgan fingerprint density at radius 2 is 2.09 bits per heavy atom. The predicted octanol–water partition coefficient (Wildman–Crippen LogP) is 1.46. The van der Waals surface area contributed by atoms with Crippen molar-refractivity contribution in [2.45, 2.75) is 37.3 Å². The lowest BCUT2D eigenvalue weighted by atomic mass is 9.98. The zero-order valence-electron chi connectivity index (χ0n) is 18.2. The van der Waals surface area contributed by atoms with Crippen molar-refractivity contribution in [3.8, 4) is 11.8 Å². The number of fused-ring (bicyclic) bond motifs is 1. The molecule has 0 aliphatic carbocycles. The summed E-state index contributed by atoms with van der Waals surface area (Å²) in [5.41, 5.74) is 0.452. The van der Waals surface area contributed by atoms with Crippen LogP contribution in [-0.4, -0.2) is 67.5 Å². The van der Waals surface area contributed by atoms with Crippen molar-refractivity contribution in [1.29, 1.82) is 5.26 Å². The standard InChI is InChI=1S/C22H24F3N5O4/c1-34-17-4-2-3-15-13(17)8-16(29-15)21(32)30-19(18(25)14(24)9-23)22(33)28-12(10-26)7-11-5-6-27-20(11)31/h2-4,8,11-12,14,18-19,29H,5-7,9H2,1H3,(H,27,31)(H,28,33)(H,30,32)/t11-,12-,14?,18?,19+/m0/s1. The summed E-state index contributed by atoms with van der Waals surface area (Å²) in [5, 5.41) is 16.8. The highest BCUT2D eigenvalue weighted by Gasteiger charge is 2.38. The number of halogens is 3. The predicted molar refractivity (Wildman–Crippen MR) is 115 cm³/mol.